The Bertz CT molecular complexity index is 1410. The van der Waals surface area contributed by atoms with Crippen LogP contribution in [0.4, 0.5) is 0 Å². The molecule has 12 nitrogen and oxygen atoms in total. The van der Waals surface area contributed by atoms with Gasteiger partial charge in [0.25, 0.3) is 0 Å². The maximum Gasteiger partial charge on any atom is 0.335 e. The van der Waals surface area contributed by atoms with Gasteiger partial charge in [0.05, 0.1) is 0 Å². The van der Waals surface area contributed by atoms with Crippen LogP contribution in [-0.4, -0.2) is 72.4 Å². The van der Waals surface area contributed by atoms with Crippen LogP contribution in [0, 0.1) is 0 Å². The molecule has 5 rings (SSSR count). The third kappa shape index (κ3) is 3.54. The first-order chi connectivity index (χ1) is 16.6. The van der Waals surface area contributed by atoms with Crippen molar-refractivity contribution in [2.24, 2.45) is 0 Å². The fourth-order valence-corrected chi connectivity index (χ4v) is 4.41. The third-order valence-electron chi connectivity index (χ3n) is 6.22. The summed E-state index contributed by atoms with van der Waals surface area (Å²) in [5, 5.41) is 69.7. The van der Waals surface area contributed by atoms with Crippen molar-refractivity contribution < 1.29 is 54.4 Å². The van der Waals surface area contributed by atoms with Gasteiger partial charge in [0.15, 0.2) is 23.0 Å². The molecule has 1 aliphatic heterocycles. The zero-order valence-corrected chi connectivity index (χ0v) is 17.8. The Balaban J connectivity index is 1.61. The number of aromatic hydroxyl groups is 3. The number of ether oxygens (including phenoxy) is 2. The standard InChI is InChI=1S/C23H20O12/c24-8-2-4-9-7(5-8)1-3-10-14(25)13-11(33-20(9)10)6-12(15(26)16(13)27)34-23-19(30)17(28)18(29)21(35-23)22(31)32/h2,4-6,17-19,21,23-24,26-30H,1,3H2,(H,31,32). The van der Waals surface area contributed by atoms with Crippen LogP contribution >= 0.6 is 0 Å². The molecule has 1 saturated heterocycles. The molecule has 2 heterocycles. The number of aliphatic hydroxyl groups excluding tert-OH is 3. The van der Waals surface area contributed by atoms with Crippen molar-refractivity contribution in [1.82, 2.24) is 0 Å². The average molecular weight is 488 g/mol. The van der Waals surface area contributed by atoms with E-state index in [4.69, 9.17) is 13.9 Å². The number of rotatable bonds is 3. The van der Waals surface area contributed by atoms with Gasteiger partial charge < -0.3 is 49.6 Å². The Morgan fingerprint density at radius 1 is 0.971 bits per heavy atom. The smallest absolute Gasteiger partial charge is 0.335 e. The molecule has 7 N–H and O–H groups in total. The summed E-state index contributed by atoms with van der Waals surface area (Å²) < 4.78 is 16.3. The number of aliphatic hydroxyl groups is 3. The summed E-state index contributed by atoms with van der Waals surface area (Å²) in [5.41, 5.74) is 0.792. The van der Waals surface area contributed by atoms with E-state index in [1.165, 1.54) is 6.07 Å². The van der Waals surface area contributed by atoms with Crippen LogP contribution in [0.5, 0.6) is 23.0 Å². The molecular weight excluding hydrogens is 468 g/mol. The summed E-state index contributed by atoms with van der Waals surface area (Å²) in [6.07, 6.45) is -8.95. The van der Waals surface area contributed by atoms with E-state index in [1.54, 1.807) is 12.1 Å². The maximum atomic E-state index is 13.2. The van der Waals surface area contributed by atoms with Crippen LogP contribution in [0.15, 0.2) is 33.5 Å². The molecule has 184 valence electrons. The SMILES string of the molecule is O=C(O)C1OC(Oc2cc3oc4c(c(=O)c3c(O)c2O)CCc2cc(O)ccc2-4)C(O)C(O)C1O. The van der Waals surface area contributed by atoms with Gasteiger partial charge in [0.2, 0.25) is 12.0 Å². The van der Waals surface area contributed by atoms with Crippen molar-refractivity contribution in [1.29, 1.82) is 0 Å². The number of carboxylic acids is 1. The van der Waals surface area contributed by atoms with E-state index in [0.717, 1.165) is 11.6 Å². The quantitative estimate of drug-likeness (QED) is 0.242. The van der Waals surface area contributed by atoms with Crippen LogP contribution in [0.2, 0.25) is 0 Å². The van der Waals surface area contributed by atoms with Gasteiger partial charge in [-0.2, -0.15) is 0 Å². The molecule has 0 saturated carbocycles. The molecule has 0 spiro atoms. The Labute approximate surface area is 195 Å². The minimum Gasteiger partial charge on any atom is -0.508 e. The molecule has 0 radical (unpaired) electrons. The van der Waals surface area contributed by atoms with Crippen molar-refractivity contribution in [2.75, 3.05) is 0 Å². The number of hydrogen-bond donors (Lipinski definition) is 7. The van der Waals surface area contributed by atoms with E-state index in [-0.39, 0.29) is 34.5 Å². The van der Waals surface area contributed by atoms with Crippen LogP contribution in [0.3, 0.4) is 0 Å². The Morgan fingerprint density at radius 2 is 1.71 bits per heavy atom. The van der Waals surface area contributed by atoms with E-state index in [2.05, 4.69) is 0 Å². The van der Waals surface area contributed by atoms with E-state index in [9.17, 15) is 45.3 Å². The zero-order valence-electron chi connectivity index (χ0n) is 17.8. The van der Waals surface area contributed by atoms with Gasteiger partial charge in [-0.25, -0.2) is 4.79 Å². The van der Waals surface area contributed by atoms with Crippen LogP contribution in [-0.2, 0) is 22.4 Å². The number of benzene rings is 2. The summed E-state index contributed by atoms with van der Waals surface area (Å²) in [4.78, 5) is 24.5. The van der Waals surface area contributed by atoms with Gasteiger partial charge in [0.1, 0.15) is 40.8 Å². The molecule has 3 aromatic rings. The lowest BCUT2D eigenvalue weighted by Crippen LogP contribution is -2.61. The second-order valence-electron chi connectivity index (χ2n) is 8.38. The lowest BCUT2D eigenvalue weighted by atomic mass is 9.89. The highest BCUT2D eigenvalue weighted by atomic mass is 16.7. The fourth-order valence-electron chi connectivity index (χ4n) is 4.41. The first kappa shape index (κ1) is 22.9. The number of aliphatic carboxylic acids is 1. The largest absolute Gasteiger partial charge is 0.508 e. The van der Waals surface area contributed by atoms with Crippen molar-refractivity contribution in [3.05, 3.63) is 45.6 Å². The molecule has 5 atom stereocenters. The predicted molar refractivity (Wildman–Crippen MR) is 115 cm³/mol. The van der Waals surface area contributed by atoms with E-state index in [1.807, 2.05) is 0 Å². The number of carbonyl (C=O) groups is 1. The van der Waals surface area contributed by atoms with Gasteiger partial charge in [0, 0.05) is 17.2 Å². The number of hydrogen-bond acceptors (Lipinski definition) is 11. The molecule has 2 aromatic carbocycles. The van der Waals surface area contributed by atoms with Gasteiger partial charge >= 0.3 is 5.97 Å². The lowest BCUT2D eigenvalue weighted by molar-refractivity contribution is -0.271. The first-order valence-corrected chi connectivity index (χ1v) is 10.5. The maximum absolute atomic E-state index is 13.2. The molecule has 0 bridgehead atoms. The van der Waals surface area contributed by atoms with Crippen molar-refractivity contribution in [3.63, 3.8) is 0 Å². The summed E-state index contributed by atoms with van der Waals surface area (Å²) in [7, 11) is 0. The fraction of sp³-hybridized carbons (Fsp3) is 0.304. The molecule has 12 heteroatoms. The van der Waals surface area contributed by atoms with Crippen molar-refractivity contribution in [2.45, 2.75) is 43.5 Å². The summed E-state index contributed by atoms with van der Waals surface area (Å²) in [6, 6.07) is 5.61. The average Bonchev–Trinajstić information content (AvgIpc) is 2.81. The Hall–Kier alpha value is -3.84. The van der Waals surface area contributed by atoms with Gasteiger partial charge in [-0.1, -0.05) is 0 Å². The highest BCUT2D eigenvalue weighted by Gasteiger charge is 2.48. The predicted octanol–water partition coefficient (Wildman–Crippen LogP) is -0.0536. The summed E-state index contributed by atoms with van der Waals surface area (Å²) in [6.45, 7) is 0. The molecule has 1 fully saturated rings. The topological polar surface area (TPSA) is 207 Å². The Morgan fingerprint density at radius 3 is 2.43 bits per heavy atom. The number of fused-ring (bicyclic) bond motifs is 4. The van der Waals surface area contributed by atoms with E-state index in [0.29, 0.717) is 12.0 Å². The van der Waals surface area contributed by atoms with Gasteiger partial charge in [-0.05, 0) is 36.6 Å². The minimum absolute atomic E-state index is 0.0478. The van der Waals surface area contributed by atoms with E-state index < -0.39 is 59.4 Å². The minimum atomic E-state index is -1.95. The highest BCUT2D eigenvalue weighted by molar-refractivity contribution is 5.91. The first-order valence-electron chi connectivity index (χ1n) is 10.5. The lowest BCUT2D eigenvalue weighted by Gasteiger charge is -2.38. The summed E-state index contributed by atoms with van der Waals surface area (Å²) >= 11 is 0. The number of aryl methyl sites for hydroxylation is 1. The van der Waals surface area contributed by atoms with Crippen molar-refractivity contribution >= 4 is 16.9 Å². The van der Waals surface area contributed by atoms with Crippen LogP contribution < -0.4 is 10.2 Å². The van der Waals surface area contributed by atoms with Crippen molar-refractivity contribution in [3.8, 4) is 34.3 Å². The molecular formula is C23H20O12. The molecule has 5 unspecified atom stereocenters. The van der Waals surface area contributed by atoms with Crippen LogP contribution in [0.1, 0.15) is 11.1 Å². The molecule has 2 aliphatic rings. The molecule has 1 aromatic heterocycles. The van der Waals surface area contributed by atoms with Gasteiger partial charge in [-0.15, -0.1) is 0 Å². The van der Waals surface area contributed by atoms with E-state index >= 15 is 0 Å². The number of phenolic OH excluding ortho intramolecular Hbond substituents is 3. The zero-order chi connectivity index (χ0) is 25.2. The van der Waals surface area contributed by atoms with Crippen LogP contribution in [0.25, 0.3) is 22.3 Å². The number of carboxylic acid groups (broad SMARTS) is 1. The Kier molecular flexibility index (Phi) is 5.33. The van der Waals surface area contributed by atoms with Gasteiger partial charge in [-0.3, -0.25) is 4.79 Å². The second-order valence-corrected chi connectivity index (χ2v) is 8.38. The highest BCUT2D eigenvalue weighted by Crippen LogP contribution is 2.44. The molecule has 35 heavy (non-hydrogen) atoms. The third-order valence-corrected chi connectivity index (χ3v) is 6.22. The molecule has 1 aliphatic carbocycles. The monoisotopic (exact) mass is 488 g/mol. The molecule has 0 amide bonds. The normalized spacial score (nSPS) is 25.6. The number of phenols is 3. The second kappa shape index (κ2) is 8.13. The summed E-state index contributed by atoms with van der Waals surface area (Å²) in [5.74, 6) is -3.70.